The Morgan fingerprint density at radius 2 is 1.11 bits per heavy atom. The summed E-state index contributed by atoms with van der Waals surface area (Å²) in [7, 11) is -1.94. The summed E-state index contributed by atoms with van der Waals surface area (Å²) in [6.07, 6.45) is 1.62. The van der Waals surface area contributed by atoms with Gasteiger partial charge in [-0.05, 0) is 118 Å². The molecule has 2 aromatic rings. The second-order valence-corrected chi connectivity index (χ2v) is 20.9. The number of hydrogen-bond donors (Lipinski definition) is 8. The van der Waals surface area contributed by atoms with Gasteiger partial charge in [-0.3, -0.25) is 24.2 Å². The van der Waals surface area contributed by atoms with Gasteiger partial charge in [-0.25, -0.2) is 0 Å². The van der Waals surface area contributed by atoms with Crippen LogP contribution in [0, 0.1) is 47.4 Å². The van der Waals surface area contributed by atoms with E-state index in [0.29, 0.717) is 28.9 Å². The summed E-state index contributed by atoms with van der Waals surface area (Å²) < 4.78 is 6.10. The van der Waals surface area contributed by atoms with Crippen LogP contribution in [0.5, 0.6) is 0 Å². The van der Waals surface area contributed by atoms with E-state index < -0.39 is 68.1 Å². The molecule has 0 radical (unpaired) electrons. The van der Waals surface area contributed by atoms with Crippen molar-refractivity contribution in [2.45, 2.75) is 89.8 Å². The van der Waals surface area contributed by atoms with Gasteiger partial charge in [0.05, 0.1) is 18.8 Å². The molecule has 14 nitrogen and oxygen atoms in total. The van der Waals surface area contributed by atoms with Gasteiger partial charge in [-0.15, -0.1) is 0 Å². The Labute approximate surface area is 361 Å². The Bertz CT molecular complexity index is 2060. The van der Waals surface area contributed by atoms with Crippen molar-refractivity contribution >= 4 is 37.9 Å². The molecule has 0 saturated heterocycles. The lowest BCUT2D eigenvalue weighted by atomic mass is 9.90. The summed E-state index contributed by atoms with van der Waals surface area (Å²) >= 11 is 0. The smallest absolute Gasteiger partial charge is 0.251 e. The number of ketones is 2. The van der Waals surface area contributed by atoms with Crippen molar-refractivity contribution in [1.29, 1.82) is 0 Å². The Hall–Kier alpha value is -5.43. The van der Waals surface area contributed by atoms with Gasteiger partial charge in [0.2, 0.25) is 0 Å². The summed E-state index contributed by atoms with van der Waals surface area (Å²) in [4.78, 5) is 54.4. The number of amides is 2. The van der Waals surface area contributed by atoms with Crippen molar-refractivity contribution in [3.8, 4) is 47.4 Å². The predicted molar refractivity (Wildman–Crippen MR) is 238 cm³/mol. The zero-order chi connectivity index (χ0) is 46.3. The molecule has 2 amide bonds. The molecule has 0 saturated carbocycles. The van der Waals surface area contributed by atoms with Crippen LogP contribution in [0.3, 0.4) is 0 Å². The lowest BCUT2D eigenvalue weighted by molar-refractivity contribution is -0.125. The molecule has 0 fully saturated rings. The third-order valence-electron chi connectivity index (χ3n) is 9.54. The number of nitrogens with zero attached hydrogens (tertiary/aromatic N) is 1. The van der Waals surface area contributed by atoms with E-state index in [1.54, 1.807) is 82.4 Å². The quantitative estimate of drug-likeness (QED) is 0.0648. The van der Waals surface area contributed by atoms with Gasteiger partial charge in [-0.2, -0.15) is 0 Å². The first-order valence-corrected chi connectivity index (χ1v) is 22.3. The van der Waals surface area contributed by atoms with Crippen LogP contribution < -0.4 is 16.0 Å². The van der Waals surface area contributed by atoms with Crippen molar-refractivity contribution in [3.05, 3.63) is 70.8 Å². The molecule has 61 heavy (non-hydrogen) atoms. The number of Topliss-reactive ketones (excluding diaryl/α,β-unsaturated/α-hetero) is 2. The first kappa shape index (κ1) is 53.6. The maximum absolute atomic E-state index is 12.8. The van der Waals surface area contributed by atoms with Crippen molar-refractivity contribution in [3.63, 3.8) is 0 Å². The van der Waals surface area contributed by atoms with Crippen LogP contribution in [0.2, 0.25) is 18.1 Å². The van der Waals surface area contributed by atoms with E-state index in [1.165, 1.54) is 0 Å². The number of carbonyl (C=O) groups excluding carboxylic acids is 4. The van der Waals surface area contributed by atoms with E-state index in [2.05, 4.69) is 102 Å². The van der Waals surface area contributed by atoms with Gasteiger partial charge < -0.3 is 45.9 Å². The van der Waals surface area contributed by atoms with Gasteiger partial charge >= 0.3 is 0 Å². The summed E-state index contributed by atoms with van der Waals surface area (Å²) in [6, 6.07) is 10.9. The fourth-order valence-corrected chi connectivity index (χ4v) is 5.92. The molecule has 2 rings (SSSR count). The fraction of sp³-hybridized carbons (Fsp3) is 0.457. The van der Waals surface area contributed by atoms with E-state index in [1.807, 2.05) is 0 Å². The highest BCUT2D eigenvalue weighted by atomic mass is 28.4. The number of nitrogens with one attached hydrogen (secondary N) is 3. The lowest BCUT2D eigenvalue weighted by Gasteiger charge is -2.36. The van der Waals surface area contributed by atoms with Gasteiger partial charge in [0.1, 0.15) is 38.5 Å². The van der Waals surface area contributed by atoms with Crippen LogP contribution in [0.15, 0.2) is 53.5 Å². The van der Waals surface area contributed by atoms with E-state index >= 15 is 0 Å². The number of β-amino-alcohol motifs (C(OH)–C–C–N with tert-alkyl or cyclic N) is 1. The molecule has 0 aliphatic heterocycles. The van der Waals surface area contributed by atoms with Crippen molar-refractivity contribution in [2.24, 2.45) is 4.99 Å². The van der Waals surface area contributed by atoms with Crippen molar-refractivity contribution < 1.29 is 49.1 Å². The average molecular weight is 857 g/mol. The summed E-state index contributed by atoms with van der Waals surface area (Å²) in [6.45, 7) is 16.1. The number of aliphatic hydroxyl groups excluding tert-OH is 5. The molecule has 2 aromatic carbocycles. The highest BCUT2D eigenvalue weighted by Crippen LogP contribution is 2.36. The molecule has 0 unspecified atom stereocenters. The second-order valence-electron chi connectivity index (χ2n) is 16.0. The van der Waals surface area contributed by atoms with Crippen LogP contribution in [-0.4, -0.2) is 133 Å². The van der Waals surface area contributed by atoms with E-state index in [9.17, 15) is 29.4 Å². The summed E-state index contributed by atoms with van der Waals surface area (Å²) in [5.41, 5.74) is 0.0996. The Kier molecular flexibility index (Phi) is 22.9. The highest BCUT2D eigenvalue weighted by molar-refractivity contribution is 6.74. The molecule has 0 aliphatic rings. The van der Waals surface area contributed by atoms with Crippen molar-refractivity contribution in [2.75, 3.05) is 46.2 Å². The molecule has 0 spiro atoms. The number of hydrogen-bond acceptors (Lipinski definition) is 12. The van der Waals surface area contributed by atoms with Crippen LogP contribution in [0.4, 0.5) is 0 Å². The number of aliphatic hydroxyl groups is 5. The van der Waals surface area contributed by atoms with Crippen molar-refractivity contribution in [1.82, 2.24) is 16.0 Å². The van der Waals surface area contributed by atoms with Gasteiger partial charge in [-0.1, -0.05) is 44.5 Å². The molecule has 8 N–H and O–H groups in total. The van der Waals surface area contributed by atoms with Gasteiger partial charge in [0, 0.05) is 40.6 Å². The first-order valence-electron chi connectivity index (χ1n) is 19.4. The number of benzene rings is 2. The molecule has 2 atom stereocenters. The lowest BCUT2D eigenvalue weighted by Crippen LogP contribution is -2.61. The number of aliphatic imine (C=N–C) groups is 1. The topological polar surface area (TPSA) is 227 Å². The molecule has 328 valence electrons. The van der Waals surface area contributed by atoms with Gasteiger partial charge in [0.25, 0.3) is 11.8 Å². The van der Waals surface area contributed by atoms with Crippen LogP contribution in [-0.2, 0) is 14.0 Å². The maximum atomic E-state index is 12.8. The zero-order valence-corrected chi connectivity index (χ0v) is 37.5. The van der Waals surface area contributed by atoms with Crippen LogP contribution in [0.25, 0.3) is 0 Å². The molecular formula is C46H60N4O10Si. The molecule has 0 bridgehead atoms. The third kappa shape index (κ3) is 18.8. The third-order valence-corrected chi connectivity index (χ3v) is 14.0. The molecule has 15 heteroatoms. The monoisotopic (exact) mass is 856 g/mol. The Morgan fingerprint density at radius 1 is 0.689 bits per heavy atom. The van der Waals surface area contributed by atoms with E-state index in [4.69, 9.17) is 19.7 Å². The average Bonchev–Trinajstić information content (AvgIpc) is 3.22. The standard InChI is InChI=1S/C26H36N2O5Si.C20H24N2O5/c1-25(2,3)34(6,7)33-18-16-27-26(4,5)23(22(31)19-30)28-24(32)21-14-12-20(13-15-21)11-9-8-10-17-29;1-20(2,21-11-13-24)18(17(26)14-25)22-19(27)16-9-7-15(8-10-16)6-4-3-5-12-23/h12-16,23,29-30H,17-19H2,1-7H3,(H,28,32);7-10,18,21,23-25H,11-14H2,1-2H3,(H,22,27)/t23-;18-/m11/s1. The first-order chi connectivity index (χ1) is 28.6. The minimum atomic E-state index is -1.94. The summed E-state index contributed by atoms with van der Waals surface area (Å²) in [5.74, 6) is 18.5. The molecule has 0 heterocycles. The van der Waals surface area contributed by atoms with E-state index in [0.717, 1.165) is 0 Å². The largest absolute Gasteiger partial charge is 0.412 e. The Balaban J connectivity index is 0.000000626. The number of rotatable bonds is 17. The maximum Gasteiger partial charge on any atom is 0.251 e. The number of carbonyl (C=O) groups is 4. The fourth-order valence-electron chi connectivity index (χ4n) is 5.00. The zero-order valence-electron chi connectivity index (χ0n) is 36.5. The van der Waals surface area contributed by atoms with E-state index in [-0.39, 0.29) is 31.4 Å². The molecule has 0 aliphatic carbocycles. The van der Waals surface area contributed by atoms with Gasteiger partial charge in [0.15, 0.2) is 19.9 Å². The van der Waals surface area contributed by atoms with Crippen LogP contribution in [0.1, 0.15) is 80.3 Å². The van der Waals surface area contributed by atoms with Crippen LogP contribution >= 0.6 is 0 Å². The molecular weight excluding hydrogens is 797 g/mol. The summed E-state index contributed by atoms with van der Waals surface area (Å²) in [5, 5.41) is 53.2. The highest BCUT2D eigenvalue weighted by Gasteiger charge is 2.38. The molecule has 0 aromatic heterocycles. The Morgan fingerprint density at radius 3 is 1.51 bits per heavy atom. The minimum Gasteiger partial charge on any atom is -0.412 e. The second kappa shape index (κ2) is 26.0. The SMILES string of the molecule is CC(C)(N=CCO[Si](C)(C)C(C)(C)C)[C@H](NC(=O)c1ccc(C#CC#CCO)cc1)C(=O)CO.CC(C)(NCCO)[C@H](NC(=O)c1ccc(C#CC#CCO)cc1)C(=O)CO. The minimum absolute atomic E-state index is 0.0632. The normalized spacial score (nSPS) is 12.2. The predicted octanol–water partition coefficient (Wildman–Crippen LogP) is 1.62.